The monoisotopic (exact) mass is 237 g/mol. The highest BCUT2D eigenvalue weighted by molar-refractivity contribution is 5.74. The number of methoxy groups -OCH3 is 1. The Morgan fingerprint density at radius 3 is 2.76 bits per heavy atom. The van der Waals surface area contributed by atoms with Gasteiger partial charge in [-0.05, 0) is 31.9 Å². The Labute approximate surface area is 102 Å². The molecule has 94 valence electrons. The van der Waals surface area contributed by atoms with Crippen molar-refractivity contribution in [2.75, 3.05) is 7.11 Å². The molecular weight excluding hydrogens is 218 g/mol. The van der Waals surface area contributed by atoms with Crippen molar-refractivity contribution in [3.63, 3.8) is 0 Å². The van der Waals surface area contributed by atoms with Crippen molar-refractivity contribution in [3.8, 4) is 5.75 Å². The summed E-state index contributed by atoms with van der Waals surface area (Å²) in [5, 5.41) is 0. The third kappa shape index (κ3) is 4.43. The first-order valence-corrected chi connectivity index (χ1v) is 5.84. The molecule has 1 heterocycles. The minimum Gasteiger partial charge on any atom is -0.477 e. The smallest absolute Gasteiger partial charge is 0.347 e. The average Bonchev–Trinajstić information content (AvgIpc) is 2.36. The van der Waals surface area contributed by atoms with Gasteiger partial charge >= 0.3 is 5.97 Å². The quantitative estimate of drug-likeness (QED) is 0.713. The molecular formula is C13H19NO3. The van der Waals surface area contributed by atoms with Crippen molar-refractivity contribution in [3.05, 3.63) is 24.0 Å². The molecule has 1 aromatic heterocycles. The molecule has 1 atom stereocenters. The average molecular weight is 237 g/mol. The largest absolute Gasteiger partial charge is 0.477 e. The lowest BCUT2D eigenvalue weighted by atomic mass is 10.1. The summed E-state index contributed by atoms with van der Waals surface area (Å²) in [7, 11) is 1.37. The zero-order chi connectivity index (χ0) is 12.7. The first kappa shape index (κ1) is 13.5. The Morgan fingerprint density at radius 2 is 2.24 bits per heavy atom. The molecule has 0 spiro atoms. The first-order chi connectivity index (χ1) is 8.17. The van der Waals surface area contributed by atoms with Crippen LogP contribution in [0.5, 0.6) is 5.75 Å². The third-order valence-corrected chi connectivity index (χ3v) is 2.45. The number of carbonyl (C=O) groups is 1. The van der Waals surface area contributed by atoms with E-state index in [0.717, 1.165) is 18.5 Å². The number of aromatic nitrogens is 1. The molecule has 0 aliphatic carbocycles. The molecule has 0 amide bonds. The molecule has 0 radical (unpaired) electrons. The van der Waals surface area contributed by atoms with Crippen LogP contribution in [-0.2, 0) is 9.53 Å². The summed E-state index contributed by atoms with van der Waals surface area (Å²) in [4.78, 5) is 15.6. The van der Waals surface area contributed by atoms with Crippen LogP contribution >= 0.6 is 0 Å². The van der Waals surface area contributed by atoms with Gasteiger partial charge in [-0.15, -0.1) is 0 Å². The summed E-state index contributed by atoms with van der Waals surface area (Å²) < 4.78 is 10.3. The zero-order valence-corrected chi connectivity index (χ0v) is 10.6. The summed E-state index contributed by atoms with van der Waals surface area (Å²) in [5.41, 5.74) is 0.917. The predicted molar refractivity (Wildman–Crippen MR) is 64.9 cm³/mol. The number of aryl methyl sites for hydroxylation is 1. The molecule has 0 fully saturated rings. The summed E-state index contributed by atoms with van der Waals surface area (Å²) >= 11 is 0. The van der Waals surface area contributed by atoms with Gasteiger partial charge in [0.15, 0.2) is 6.10 Å². The van der Waals surface area contributed by atoms with Crippen molar-refractivity contribution in [1.82, 2.24) is 4.98 Å². The van der Waals surface area contributed by atoms with E-state index in [0.29, 0.717) is 12.2 Å². The summed E-state index contributed by atoms with van der Waals surface area (Å²) in [6.07, 6.45) is 3.69. The summed E-state index contributed by atoms with van der Waals surface area (Å²) in [6, 6.07) is 3.66. The highest BCUT2D eigenvalue weighted by atomic mass is 16.6. The van der Waals surface area contributed by atoms with Crippen LogP contribution in [0.1, 0.15) is 31.9 Å². The lowest BCUT2D eigenvalue weighted by Crippen LogP contribution is -2.28. The number of carbonyl (C=O) groups excluding carboxylic acids is 1. The number of ether oxygens (including phenoxy) is 2. The zero-order valence-electron chi connectivity index (χ0n) is 10.6. The van der Waals surface area contributed by atoms with E-state index in [1.165, 1.54) is 7.11 Å². The van der Waals surface area contributed by atoms with Crippen molar-refractivity contribution < 1.29 is 14.3 Å². The van der Waals surface area contributed by atoms with Crippen LogP contribution in [-0.4, -0.2) is 24.2 Å². The molecule has 4 heteroatoms. The Balaban J connectivity index is 2.64. The molecule has 0 bridgehead atoms. The van der Waals surface area contributed by atoms with E-state index < -0.39 is 6.10 Å². The fourth-order valence-electron chi connectivity index (χ4n) is 1.43. The predicted octanol–water partition coefficient (Wildman–Crippen LogP) is 2.50. The van der Waals surface area contributed by atoms with Gasteiger partial charge in [-0.1, -0.05) is 13.3 Å². The van der Waals surface area contributed by atoms with Gasteiger partial charge in [0.2, 0.25) is 0 Å². The van der Waals surface area contributed by atoms with Crippen LogP contribution in [0.15, 0.2) is 18.3 Å². The molecule has 1 aromatic rings. The Morgan fingerprint density at radius 1 is 1.47 bits per heavy atom. The van der Waals surface area contributed by atoms with E-state index in [-0.39, 0.29) is 5.97 Å². The standard InChI is InChI=1S/C13H19NO3/c1-4-5-6-12(13(15)16-3)17-11-8-7-10(2)14-9-11/h7-9,12H,4-6H2,1-3H3. The molecule has 0 aromatic carbocycles. The van der Waals surface area contributed by atoms with Crippen LogP contribution in [0.4, 0.5) is 0 Å². The van der Waals surface area contributed by atoms with Crippen LogP contribution in [0.3, 0.4) is 0 Å². The number of hydrogen-bond donors (Lipinski definition) is 0. The molecule has 0 aliphatic heterocycles. The fourth-order valence-corrected chi connectivity index (χ4v) is 1.43. The number of rotatable bonds is 6. The maximum Gasteiger partial charge on any atom is 0.347 e. The number of unbranched alkanes of at least 4 members (excludes halogenated alkanes) is 1. The minimum absolute atomic E-state index is 0.334. The van der Waals surface area contributed by atoms with Gasteiger partial charge in [0, 0.05) is 5.69 Å². The summed E-state index contributed by atoms with van der Waals surface area (Å²) in [5.74, 6) is 0.265. The van der Waals surface area contributed by atoms with E-state index >= 15 is 0 Å². The van der Waals surface area contributed by atoms with Crippen molar-refractivity contribution in [2.45, 2.75) is 39.2 Å². The molecule has 1 rings (SSSR count). The molecule has 4 nitrogen and oxygen atoms in total. The highest BCUT2D eigenvalue weighted by Gasteiger charge is 2.20. The Bertz CT molecular complexity index is 348. The van der Waals surface area contributed by atoms with E-state index in [1.807, 2.05) is 19.1 Å². The SMILES string of the molecule is CCCCC(Oc1ccc(C)nc1)C(=O)OC. The number of esters is 1. The van der Waals surface area contributed by atoms with Gasteiger partial charge in [-0.3, -0.25) is 4.98 Å². The van der Waals surface area contributed by atoms with Gasteiger partial charge in [-0.2, -0.15) is 0 Å². The highest BCUT2D eigenvalue weighted by Crippen LogP contribution is 2.15. The van der Waals surface area contributed by atoms with E-state index in [2.05, 4.69) is 11.9 Å². The second-order valence-corrected chi connectivity index (χ2v) is 3.91. The Hall–Kier alpha value is -1.58. The van der Waals surface area contributed by atoms with Crippen LogP contribution in [0, 0.1) is 6.92 Å². The normalized spacial score (nSPS) is 11.9. The summed E-state index contributed by atoms with van der Waals surface area (Å²) in [6.45, 7) is 3.97. The maximum absolute atomic E-state index is 11.5. The number of hydrogen-bond acceptors (Lipinski definition) is 4. The molecule has 0 N–H and O–H groups in total. The molecule has 0 saturated heterocycles. The van der Waals surface area contributed by atoms with Gasteiger partial charge < -0.3 is 9.47 Å². The first-order valence-electron chi connectivity index (χ1n) is 5.84. The Kier molecular flexibility index (Phi) is 5.46. The van der Waals surface area contributed by atoms with Crippen molar-refractivity contribution in [1.29, 1.82) is 0 Å². The topological polar surface area (TPSA) is 48.4 Å². The van der Waals surface area contributed by atoms with Crippen LogP contribution in [0.2, 0.25) is 0 Å². The fraction of sp³-hybridized carbons (Fsp3) is 0.538. The molecule has 17 heavy (non-hydrogen) atoms. The van der Waals surface area contributed by atoms with E-state index in [4.69, 9.17) is 9.47 Å². The lowest BCUT2D eigenvalue weighted by molar-refractivity contribution is -0.149. The second kappa shape index (κ2) is 6.89. The van der Waals surface area contributed by atoms with Gasteiger partial charge in [0.25, 0.3) is 0 Å². The lowest BCUT2D eigenvalue weighted by Gasteiger charge is -2.16. The maximum atomic E-state index is 11.5. The third-order valence-electron chi connectivity index (χ3n) is 2.45. The molecule has 0 aliphatic rings. The van der Waals surface area contributed by atoms with Crippen LogP contribution < -0.4 is 4.74 Å². The van der Waals surface area contributed by atoms with E-state index in [1.54, 1.807) is 6.20 Å². The van der Waals surface area contributed by atoms with Gasteiger partial charge in [0.1, 0.15) is 5.75 Å². The van der Waals surface area contributed by atoms with E-state index in [9.17, 15) is 4.79 Å². The minimum atomic E-state index is -0.538. The van der Waals surface area contributed by atoms with Crippen molar-refractivity contribution in [2.24, 2.45) is 0 Å². The second-order valence-electron chi connectivity index (χ2n) is 3.91. The number of nitrogens with zero attached hydrogens (tertiary/aromatic N) is 1. The van der Waals surface area contributed by atoms with Gasteiger partial charge in [-0.25, -0.2) is 4.79 Å². The number of pyridine rings is 1. The van der Waals surface area contributed by atoms with Crippen molar-refractivity contribution >= 4 is 5.97 Å². The van der Waals surface area contributed by atoms with Crippen LogP contribution in [0.25, 0.3) is 0 Å². The van der Waals surface area contributed by atoms with Gasteiger partial charge in [0.05, 0.1) is 13.3 Å². The molecule has 0 saturated carbocycles. The molecule has 1 unspecified atom stereocenters.